The minimum absolute atomic E-state index is 0. The second-order valence-corrected chi connectivity index (χ2v) is 2.09. The number of hydrogen-bond donors (Lipinski definition) is 2. The number of carboxylic acid groups (broad SMARTS) is 1. The van der Waals surface area contributed by atoms with E-state index in [0.717, 1.165) is 0 Å². The standard InChI is InChI=1S/C2HF3O2.Na.H2O4S/c3-2(4,5)1(6)7;;1-5(2,3)4/h(H,6,7);;(H2,1,2,3,4)/q;+1;/p-1. The number of carboxylic acids is 1. The van der Waals surface area contributed by atoms with Crippen molar-refractivity contribution >= 4 is 16.4 Å². The van der Waals surface area contributed by atoms with Gasteiger partial charge in [0.15, 0.2) is 0 Å². The Morgan fingerprint density at radius 1 is 1.31 bits per heavy atom. The van der Waals surface area contributed by atoms with Gasteiger partial charge in [0.25, 0.3) is 0 Å². The maximum atomic E-state index is 10.6. The van der Waals surface area contributed by atoms with Gasteiger partial charge >= 0.3 is 41.7 Å². The van der Waals surface area contributed by atoms with Crippen LogP contribution in [0, 0.1) is 0 Å². The molecule has 0 aromatic heterocycles. The Kier molecular flexibility index (Phi) is 9.51. The van der Waals surface area contributed by atoms with Gasteiger partial charge in [-0.3, -0.25) is 4.55 Å². The van der Waals surface area contributed by atoms with E-state index in [1.165, 1.54) is 0 Å². The zero-order chi connectivity index (χ0) is 10.6. The third-order valence-corrected chi connectivity index (χ3v) is 0.243. The number of carbonyl (C=O) groups is 1. The van der Waals surface area contributed by atoms with Gasteiger partial charge in [-0.2, -0.15) is 13.2 Å². The van der Waals surface area contributed by atoms with Crippen molar-refractivity contribution in [3.05, 3.63) is 0 Å². The van der Waals surface area contributed by atoms with E-state index < -0.39 is 22.5 Å². The van der Waals surface area contributed by atoms with Crippen LogP contribution in [0.25, 0.3) is 0 Å². The normalized spacial score (nSPS) is 10.5. The molecule has 0 fully saturated rings. The van der Waals surface area contributed by atoms with E-state index in [2.05, 4.69) is 0 Å². The van der Waals surface area contributed by atoms with E-state index in [1.54, 1.807) is 0 Å². The number of halogens is 3. The summed E-state index contributed by atoms with van der Waals surface area (Å²) >= 11 is 0. The number of aliphatic carboxylic acids is 1. The summed E-state index contributed by atoms with van der Waals surface area (Å²) in [6, 6.07) is 0. The van der Waals surface area contributed by atoms with Gasteiger partial charge in [-0.1, -0.05) is 0 Å². The van der Waals surface area contributed by atoms with Crippen molar-refractivity contribution in [1.82, 2.24) is 0 Å². The van der Waals surface area contributed by atoms with Crippen molar-refractivity contribution < 1.29 is 70.2 Å². The summed E-state index contributed by atoms with van der Waals surface area (Å²) in [5.74, 6) is -2.76. The Labute approximate surface area is 92.6 Å². The van der Waals surface area contributed by atoms with Crippen LogP contribution in [0.2, 0.25) is 0 Å². The van der Waals surface area contributed by atoms with Crippen LogP contribution in [-0.4, -0.2) is 34.8 Å². The molecule has 0 rings (SSSR count). The summed E-state index contributed by atoms with van der Waals surface area (Å²) in [4.78, 5) is 8.90. The van der Waals surface area contributed by atoms with Crippen LogP contribution in [0.1, 0.15) is 0 Å². The van der Waals surface area contributed by atoms with Gasteiger partial charge in [-0.05, 0) is 0 Å². The zero-order valence-electron chi connectivity index (χ0n) is 6.07. The van der Waals surface area contributed by atoms with E-state index >= 15 is 0 Å². The minimum atomic E-state index is -5.08. The van der Waals surface area contributed by atoms with Gasteiger partial charge in [-0.15, -0.1) is 0 Å². The number of hydrogen-bond acceptors (Lipinski definition) is 4. The van der Waals surface area contributed by atoms with E-state index in [0.29, 0.717) is 0 Å². The zero-order valence-corrected chi connectivity index (χ0v) is 8.89. The fourth-order valence-corrected chi connectivity index (χ4v) is 0. The van der Waals surface area contributed by atoms with Gasteiger partial charge in [0.05, 0.1) is 0 Å². The van der Waals surface area contributed by atoms with E-state index in [9.17, 15) is 13.2 Å². The van der Waals surface area contributed by atoms with Gasteiger partial charge in [-0.25, -0.2) is 13.2 Å². The molecule has 0 radical (unpaired) electrons. The Balaban J connectivity index is -0.000000150. The van der Waals surface area contributed by atoms with Crippen LogP contribution in [0.15, 0.2) is 0 Å². The topological polar surface area (TPSA) is 115 Å². The molecule has 0 amide bonds. The first-order valence-corrected chi connectivity index (χ1v) is 3.29. The molecule has 6 nitrogen and oxygen atoms in total. The van der Waals surface area contributed by atoms with Gasteiger partial charge in [0.1, 0.15) is 0 Å². The average molecular weight is 234 g/mol. The summed E-state index contributed by atoms with van der Waals surface area (Å²) in [6.45, 7) is 0. The molecule has 11 heteroatoms. The Bertz CT molecular complexity index is 235. The van der Waals surface area contributed by atoms with Gasteiger partial charge < -0.3 is 9.66 Å². The van der Waals surface area contributed by atoms with E-state index in [-0.39, 0.29) is 29.6 Å². The van der Waals surface area contributed by atoms with Crippen LogP contribution in [0.4, 0.5) is 13.2 Å². The third kappa shape index (κ3) is 33.1. The number of rotatable bonds is 0. The maximum Gasteiger partial charge on any atom is 1.00 e. The molecule has 0 aliphatic rings. The summed E-state index contributed by atoms with van der Waals surface area (Å²) in [6.07, 6.45) is -5.08. The fraction of sp³-hybridized carbons (Fsp3) is 0.500. The second kappa shape index (κ2) is 6.56. The second-order valence-electron chi connectivity index (χ2n) is 1.23. The monoisotopic (exact) mass is 234 g/mol. The fourth-order valence-electron chi connectivity index (χ4n) is 0. The van der Waals surface area contributed by atoms with Gasteiger partial charge in [0, 0.05) is 0 Å². The van der Waals surface area contributed by atoms with Crippen molar-refractivity contribution in [3.8, 4) is 0 Å². The summed E-state index contributed by atoms with van der Waals surface area (Å²) in [5, 5.41) is 7.12. The molecule has 0 aliphatic heterocycles. The molecule has 0 heterocycles. The average Bonchev–Trinajstić information content (AvgIpc) is 1.55. The number of alkyl halides is 3. The van der Waals surface area contributed by atoms with Crippen molar-refractivity contribution in [1.29, 1.82) is 0 Å². The Morgan fingerprint density at radius 2 is 1.38 bits per heavy atom. The molecule has 13 heavy (non-hydrogen) atoms. The van der Waals surface area contributed by atoms with Crippen LogP contribution in [0.5, 0.6) is 0 Å². The van der Waals surface area contributed by atoms with E-state index in [4.69, 9.17) is 27.4 Å². The quantitative estimate of drug-likeness (QED) is 0.257. The summed E-state index contributed by atoms with van der Waals surface area (Å²) in [5.41, 5.74) is 0. The minimum Gasteiger partial charge on any atom is -0.726 e. The summed E-state index contributed by atoms with van der Waals surface area (Å²) in [7, 11) is -4.92. The van der Waals surface area contributed by atoms with Crippen LogP contribution in [0.3, 0.4) is 0 Å². The Morgan fingerprint density at radius 3 is 1.38 bits per heavy atom. The maximum absolute atomic E-state index is 10.6. The van der Waals surface area contributed by atoms with Crippen molar-refractivity contribution in [2.45, 2.75) is 6.18 Å². The molecule has 0 saturated carbocycles. The van der Waals surface area contributed by atoms with Gasteiger partial charge in [0.2, 0.25) is 10.4 Å². The SMILES string of the molecule is O=C(O)C(F)(F)F.O=S(=O)([O-])O.[Na+]. The van der Waals surface area contributed by atoms with Crippen molar-refractivity contribution in [2.75, 3.05) is 0 Å². The smallest absolute Gasteiger partial charge is 0.726 e. The molecule has 0 unspecified atom stereocenters. The first kappa shape index (κ1) is 18.8. The van der Waals surface area contributed by atoms with Crippen LogP contribution >= 0.6 is 0 Å². The first-order valence-electron chi connectivity index (χ1n) is 1.93. The molecular weight excluding hydrogens is 232 g/mol. The third-order valence-electron chi connectivity index (χ3n) is 0.243. The van der Waals surface area contributed by atoms with Crippen LogP contribution < -0.4 is 29.6 Å². The molecule has 0 saturated heterocycles. The molecule has 74 valence electrons. The Hall–Kier alpha value is 0.130. The van der Waals surface area contributed by atoms with Crippen molar-refractivity contribution in [3.63, 3.8) is 0 Å². The largest absolute Gasteiger partial charge is 1.00 e. The molecule has 0 aliphatic carbocycles. The first-order chi connectivity index (χ1) is 4.94. The molecule has 0 bridgehead atoms. The van der Waals surface area contributed by atoms with Crippen molar-refractivity contribution in [2.24, 2.45) is 0 Å². The van der Waals surface area contributed by atoms with Crippen LogP contribution in [-0.2, 0) is 15.2 Å². The molecule has 2 N–H and O–H groups in total. The predicted octanol–water partition coefficient (Wildman–Crippen LogP) is -3.36. The molecule has 0 spiro atoms. The molecule has 0 atom stereocenters. The predicted molar refractivity (Wildman–Crippen MR) is 26.0 cm³/mol. The molecule has 0 aromatic carbocycles. The van der Waals surface area contributed by atoms with E-state index in [1.807, 2.05) is 0 Å². The molecular formula is C2H2F3NaO6S. The summed E-state index contributed by atoms with van der Waals surface area (Å²) < 4.78 is 64.6. The molecule has 0 aromatic rings.